The topological polar surface area (TPSA) is 61.0 Å². The molecule has 0 atom stereocenters. The Labute approximate surface area is 136 Å². The molecule has 3 rings (SSSR count). The lowest BCUT2D eigenvalue weighted by Crippen LogP contribution is -2.05. The maximum Gasteiger partial charge on any atom is 0.416 e. The second-order valence-corrected chi connectivity index (χ2v) is 5.29. The highest BCUT2D eigenvalue weighted by Crippen LogP contribution is 2.31. The summed E-state index contributed by atoms with van der Waals surface area (Å²) in [7, 11) is 0. The standard InChI is InChI=1S/C17H14F3N3O/c1-10-22-13-3-2-4-14(15(13)16(21)23-10)24-9-11-5-7-12(8-6-11)17(18,19)20/h2-8H,9H2,1H3,(H2,21,22,23). The fourth-order valence-corrected chi connectivity index (χ4v) is 2.37. The van der Waals surface area contributed by atoms with Crippen molar-refractivity contribution >= 4 is 16.7 Å². The van der Waals surface area contributed by atoms with Crippen molar-refractivity contribution in [1.82, 2.24) is 9.97 Å². The average molecular weight is 333 g/mol. The summed E-state index contributed by atoms with van der Waals surface area (Å²) in [6.45, 7) is 1.86. The van der Waals surface area contributed by atoms with Crippen LogP contribution in [0.3, 0.4) is 0 Å². The molecule has 1 heterocycles. The van der Waals surface area contributed by atoms with Gasteiger partial charge in [-0.1, -0.05) is 18.2 Å². The van der Waals surface area contributed by atoms with Crippen LogP contribution in [0.25, 0.3) is 10.9 Å². The van der Waals surface area contributed by atoms with Crippen LogP contribution in [-0.4, -0.2) is 9.97 Å². The number of fused-ring (bicyclic) bond motifs is 1. The molecule has 2 aromatic carbocycles. The first-order chi connectivity index (χ1) is 11.3. The third kappa shape index (κ3) is 3.24. The minimum Gasteiger partial charge on any atom is -0.488 e. The fraction of sp³-hybridized carbons (Fsp3) is 0.176. The number of nitrogen functional groups attached to an aromatic ring is 1. The van der Waals surface area contributed by atoms with E-state index in [0.29, 0.717) is 33.9 Å². The van der Waals surface area contributed by atoms with Crippen molar-refractivity contribution in [3.8, 4) is 5.75 Å². The highest BCUT2D eigenvalue weighted by atomic mass is 19.4. The van der Waals surface area contributed by atoms with Gasteiger partial charge in [0.1, 0.15) is 24.0 Å². The van der Waals surface area contributed by atoms with Gasteiger partial charge >= 0.3 is 6.18 Å². The third-order valence-electron chi connectivity index (χ3n) is 3.50. The molecule has 0 saturated carbocycles. The zero-order valence-corrected chi connectivity index (χ0v) is 12.8. The number of nitrogens with two attached hydrogens (primary N) is 1. The molecule has 0 spiro atoms. The second kappa shape index (κ2) is 5.99. The van der Waals surface area contributed by atoms with Crippen LogP contribution < -0.4 is 10.5 Å². The van der Waals surface area contributed by atoms with Crippen LogP contribution in [0.1, 0.15) is 17.0 Å². The van der Waals surface area contributed by atoms with Gasteiger partial charge in [-0.15, -0.1) is 0 Å². The number of benzene rings is 2. The van der Waals surface area contributed by atoms with E-state index >= 15 is 0 Å². The minimum absolute atomic E-state index is 0.116. The summed E-state index contributed by atoms with van der Waals surface area (Å²) in [4.78, 5) is 8.41. The molecule has 0 fully saturated rings. The van der Waals surface area contributed by atoms with Crippen LogP contribution in [0.4, 0.5) is 19.0 Å². The summed E-state index contributed by atoms with van der Waals surface area (Å²) in [6, 6.07) is 10.1. The van der Waals surface area contributed by atoms with E-state index in [2.05, 4.69) is 9.97 Å². The number of aromatic nitrogens is 2. The number of aryl methyl sites for hydroxylation is 1. The molecule has 0 radical (unpaired) electrons. The van der Waals surface area contributed by atoms with Gasteiger partial charge < -0.3 is 10.5 Å². The van der Waals surface area contributed by atoms with E-state index in [1.807, 2.05) is 0 Å². The smallest absolute Gasteiger partial charge is 0.416 e. The Morgan fingerprint density at radius 1 is 1.04 bits per heavy atom. The summed E-state index contributed by atoms with van der Waals surface area (Å²) in [5, 5.41) is 0.593. The molecule has 24 heavy (non-hydrogen) atoms. The summed E-state index contributed by atoms with van der Waals surface area (Å²) < 4.78 is 43.4. The lowest BCUT2D eigenvalue weighted by atomic mass is 10.1. The van der Waals surface area contributed by atoms with Crippen LogP contribution in [0.2, 0.25) is 0 Å². The molecule has 0 amide bonds. The van der Waals surface area contributed by atoms with Crippen molar-refractivity contribution < 1.29 is 17.9 Å². The third-order valence-corrected chi connectivity index (χ3v) is 3.50. The number of hydrogen-bond donors (Lipinski definition) is 1. The van der Waals surface area contributed by atoms with E-state index in [-0.39, 0.29) is 6.61 Å². The van der Waals surface area contributed by atoms with E-state index < -0.39 is 11.7 Å². The number of nitrogens with zero attached hydrogens (tertiary/aromatic N) is 2. The Bertz CT molecular complexity index is 877. The number of anilines is 1. The van der Waals surface area contributed by atoms with Crippen molar-refractivity contribution in [3.05, 3.63) is 59.4 Å². The van der Waals surface area contributed by atoms with Crippen LogP contribution in [0, 0.1) is 6.92 Å². The van der Waals surface area contributed by atoms with Gasteiger partial charge in [0.2, 0.25) is 0 Å². The van der Waals surface area contributed by atoms with E-state index in [0.717, 1.165) is 12.1 Å². The zero-order valence-electron chi connectivity index (χ0n) is 12.8. The number of alkyl halides is 3. The van der Waals surface area contributed by atoms with Crippen molar-refractivity contribution in [2.45, 2.75) is 19.7 Å². The van der Waals surface area contributed by atoms with Gasteiger partial charge in [-0.05, 0) is 36.8 Å². The molecule has 7 heteroatoms. The molecule has 0 aliphatic rings. The van der Waals surface area contributed by atoms with Crippen molar-refractivity contribution in [1.29, 1.82) is 0 Å². The van der Waals surface area contributed by atoms with E-state index in [1.165, 1.54) is 12.1 Å². The first-order valence-corrected chi connectivity index (χ1v) is 7.16. The van der Waals surface area contributed by atoms with Gasteiger partial charge in [-0.3, -0.25) is 0 Å². The first kappa shape index (κ1) is 16.0. The van der Waals surface area contributed by atoms with Crippen LogP contribution in [0.15, 0.2) is 42.5 Å². The molecule has 3 aromatic rings. The Balaban J connectivity index is 1.84. The molecule has 0 aliphatic heterocycles. The Morgan fingerprint density at radius 2 is 1.75 bits per heavy atom. The molecular weight excluding hydrogens is 319 g/mol. The number of halogens is 3. The first-order valence-electron chi connectivity index (χ1n) is 7.16. The maximum absolute atomic E-state index is 12.6. The van der Waals surface area contributed by atoms with Gasteiger partial charge in [0.15, 0.2) is 0 Å². The number of rotatable bonds is 3. The van der Waals surface area contributed by atoms with Crippen LogP contribution in [-0.2, 0) is 12.8 Å². The Hall–Kier alpha value is -2.83. The zero-order chi connectivity index (χ0) is 17.3. The normalized spacial score (nSPS) is 11.7. The van der Waals surface area contributed by atoms with Gasteiger partial charge in [-0.2, -0.15) is 13.2 Å². The fourth-order valence-electron chi connectivity index (χ4n) is 2.37. The molecular formula is C17H14F3N3O. The lowest BCUT2D eigenvalue weighted by Gasteiger charge is -2.12. The lowest BCUT2D eigenvalue weighted by molar-refractivity contribution is -0.137. The highest BCUT2D eigenvalue weighted by Gasteiger charge is 2.29. The molecule has 4 nitrogen and oxygen atoms in total. The second-order valence-electron chi connectivity index (χ2n) is 5.29. The quantitative estimate of drug-likeness (QED) is 0.783. The number of ether oxygens (including phenoxy) is 1. The van der Waals surface area contributed by atoms with E-state index in [4.69, 9.17) is 10.5 Å². The van der Waals surface area contributed by atoms with Gasteiger partial charge in [0.25, 0.3) is 0 Å². The average Bonchev–Trinajstić information content (AvgIpc) is 2.52. The predicted octanol–water partition coefficient (Wildman–Crippen LogP) is 4.12. The van der Waals surface area contributed by atoms with Crippen LogP contribution in [0.5, 0.6) is 5.75 Å². The molecule has 0 saturated heterocycles. The van der Waals surface area contributed by atoms with Crippen molar-refractivity contribution in [2.24, 2.45) is 0 Å². The van der Waals surface area contributed by atoms with Crippen molar-refractivity contribution in [3.63, 3.8) is 0 Å². The van der Waals surface area contributed by atoms with Crippen molar-refractivity contribution in [2.75, 3.05) is 5.73 Å². The van der Waals surface area contributed by atoms with E-state index in [1.54, 1.807) is 25.1 Å². The SMILES string of the molecule is Cc1nc(N)c2c(OCc3ccc(C(F)(F)F)cc3)cccc2n1. The van der Waals surface area contributed by atoms with Gasteiger partial charge in [-0.25, -0.2) is 9.97 Å². The largest absolute Gasteiger partial charge is 0.488 e. The molecule has 124 valence electrons. The monoisotopic (exact) mass is 333 g/mol. The van der Waals surface area contributed by atoms with Gasteiger partial charge in [0.05, 0.1) is 16.5 Å². The molecule has 0 aliphatic carbocycles. The Kier molecular flexibility index (Phi) is 4.01. The predicted molar refractivity (Wildman–Crippen MR) is 84.5 cm³/mol. The Morgan fingerprint density at radius 3 is 2.42 bits per heavy atom. The summed E-state index contributed by atoms with van der Waals surface area (Å²) in [5.74, 6) is 1.35. The highest BCUT2D eigenvalue weighted by molar-refractivity contribution is 5.93. The summed E-state index contributed by atoms with van der Waals surface area (Å²) in [6.07, 6.45) is -4.35. The maximum atomic E-state index is 12.6. The molecule has 2 N–H and O–H groups in total. The molecule has 0 bridgehead atoms. The molecule has 1 aromatic heterocycles. The summed E-state index contributed by atoms with van der Waals surface area (Å²) in [5.41, 5.74) is 6.52. The van der Waals surface area contributed by atoms with Gasteiger partial charge in [0, 0.05) is 0 Å². The number of hydrogen-bond acceptors (Lipinski definition) is 4. The van der Waals surface area contributed by atoms with Crippen LogP contribution >= 0.6 is 0 Å². The van der Waals surface area contributed by atoms with E-state index in [9.17, 15) is 13.2 Å². The summed E-state index contributed by atoms with van der Waals surface area (Å²) >= 11 is 0. The minimum atomic E-state index is -4.35. The molecule has 0 unspecified atom stereocenters.